The highest BCUT2D eigenvalue weighted by atomic mass is 79.9. The molecule has 236 valence electrons. The summed E-state index contributed by atoms with van der Waals surface area (Å²) in [4.78, 5) is 21.1. The van der Waals surface area contributed by atoms with Crippen LogP contribution in [0.4, 0.5) is 5.69 Å². The maximum atomic E-state index is 14.3. The molecule has 47 heavy (non-hydrogen) atoms. The quantitative estimate of drug-likeness (QED) is 0.163. The molecule has 0 spiro atoms. The van der Waals surface area contributed by atoms with Gasteiger partial charge < -0.3 is 14.8 Å². The summed E-state index contributed by atoms with van der Waals surface area (Å²) in [6, 6.07) is 48.3. The van der Waals surface area contributed by atoms with Gasteiger partial charge in [-0.05, 0) is 52.4 Å². The first-order valence-corrected chi connectivity index (χ1v) is 16.5. The molecule has 1 aliphatic heterocycles. The molecule has 2 heterocycles. The number of imidazole rings is 1. The Hall–Kier alpha value is -4.49. The molecule has 5 nitrogen and oxygen atoms in total. The van der Waals surface area contributed by atoms with E-state index in [9.17, 15) is 4.79 Å². The van der Waals surface area contributed by atoms with E-state index in [0.29, 0.717) is 13.1 Å². The van der Waals surface area contributed by atoms with Gasteiger partial charge in [0.05, 0.1) is 18.4 Å². The largest absolute Gasteiger partial charge is 0.319 e. The second-order valence-corrected chi connectivity index (χ2v) is 12.7. The summed E-state index contributed by atoms with van der Waals surface area (Å²) >= 11 is 3.63. The van der Waals surface area contributed by atoms with E-state index >= 15 is 0 Å². The Morgan fingerprint density at radius 1 is 0.787 bits per heavy atom. The summed E-state index contributed by atoms with van der Waals surface area (Å²) in [5.74, 6) is 0.0281. The van der Waals surface area contributed by atoms with Crippen LogP contribution >= 0.6 is 28.3 Å². The number of halogens is 2. The topological polar surface area (TPSA) is 50.2 Å². The van der Waals surface area contributed by atoms with Crippen molar-refractivity contribution in [2.24, 2.45) is 0 Å². The number of anilines is 1. The smallest absolute Gasteiger partial charge is 0.233 e. The van der Waals surface area contributed by atoms with Crippen LogP contribution in [0.25, 0.3) is 0 Å². The van der Waals surface area contributed by atoms with E-state index in [1.54, 1.807) is 0 Å². The SMILES string of the molecule is Cl.O=C(Cc1cn(C(c2ccccc2)(c2ccccc2)c2ccccc2)cn1)N1C[C@@H](Cc2ccccc2)NCc2cc(Br)ccc21. The van der Waals surface area contributed by atoms with E-state index in [4.69, 9.17) is 4.98 Å². The third-order valence-electron chi connectivity index (χ3n) is 8.87. The number of carbonyl (C=O) groups is 1. The Kier molecular flexibility index (Phi) is 10.0. The van der Waals surface area contributed by atoms with Crippen LogP contribution < -0.4 is 10.2 Å². The molecular formula is C40H36BrClN4O. The highest BCUT2D eigenvalue weighted by molar-refractivity contribution is 9.10. The lowest BCUT2D eigenvalue weighted by Gasteiger charge is -2.37. The number of nitrogens with one attached hydrogen (secondary N) is 1. The summed E-state index contributed by atoms with van der Waals surface area (Å²) in [7, 11) is 0. The zero-order valence-electron chi connectivity index (χ0n) is 25.9. The molecule has 0 radical (unpaired) electrons. The molecule has 0 unspecified atom stereocenters. The van der Waals surface area contributed by atoms with Crippen molar-refractivity contribution < 1.29 is 4.79 Å². The van der Waals surface area contributed by atoms with Crippen LogP contribution in [0, 0.1) is 0 Å². The Labute approximate surface area is 290 Å². The fourth-order valence-corrected chi connectivity index (χ4v) is 7.15. The van der Waals surface area contributed by atoms with Gasteiger partial charge in [0, 0.05) is 35.5 Å². The Morgan fingerprint density at radius 3 is 1.91 bits per heavy atom. The fraction of sp³-hybridized carbons (Fsp3) is 0.150. The maximum Gasteiger partial charge on any atom is 0.233 e. The minimum atomic E-state index is -0.676. The fourth-order valence-electron chi connectivity index (χ4n) is 6.74. The first-order chi connectivity index (χ1) is 22.6. The van der Waals surface area contributed by atoms with Gasteiger partial charge in [-0.3, -0.25) is 4.79 Å². The predicted octanol–water partition coefficient (Wildman–Crippen LogP) is 8.20. The van der Waals surface area contributed by atoms with Crippen LogP contribution in [0.5, 0.6) is 0 Å². The molecule has 0 fully saturated rings. The minimum Gasteiger partial charge on any atom is -0.319 e. The molecule has 7 rings (SSSR count). The molecule has 1 aliphatic rings. The monoisotopic (exact) mass is 702 g/mol. The minimum absolute atomic E-state index is 0. The predicted molar refractivity (Wildman–Crippen MR) is 195 cm³/mol. The van der Waals surface area contributed by atoms with Crippen molar-refractivity contribution in [3.8, 4) is 0 Å². The van der Waals surface area contributed by atoms with Gasteiger partial charge in [0.15, 0.2) is 0 Å². The summed E-state index contributed by atoms with van der Waals surface area (Å²) in [6.07, 6.45) is 4.95. The lowest BCUT2D eigenvalue weighted by molar-refractivity contribution is -0.118. The standard InChI is InChI=1S/C40H35BrN4O.ClH/c41-35-21-22-38-31(24-35)26-42-36(23-30-13-5-1-6-14-30)28-45(38)39(46)25-37-27-44(29-43-37)40(32-15-7-2-8-16-32,33-17-9-3-10-18-33)34-19-11-4-12-20-34;/h1-22,24,27,29,36,42H,23,25-26,28H2;1H/t36-;/m1./s1. The normalized spacial score (nSPS) is 14.5. The van der Waals surface area contributed by atoms with E-state index < -0.39 is 5.54 Å². The van der Waals surface area contributed by atoms with Crippen LogP contribution in [0.2, 0.25) is 0 Å². The van der Waals surface area contributed by atoms with Gasteiger partial charge in [0.25, 0.3) is 0 Å². The van der Waals surface area contributed by atoms with Crippen LogP contribution in [0.15, 0.2) is 157 Å². The zero-order valence-corrected chi connectivity index (χ0v) is 28.3. The van der Waals surface area contributed by atoms with E-state index in [2.05, 4.69) is 129 Å². The molecule has 1 aromatic heterocycles. The lowest BCUT2D eigenvalue weighted by Crippen LogP contribution is -2.43. The van der Waals surface area contributed by atoms with Gasteiger partial charge in [0.2, 0.25) is 5.91 Å². The third kappa shape index (κ3) is 6.68. The van der Waals surface area contributed by atoms with Crippen molar-refractivity contribution in [1.29, 1.82) is 0 Å². The van der Waals surface area contributed by atoms with Gasteiger partial charge in [-0.15, -0.1) is 12.4 Å². The molecule has 1 atom stereocenters. The lowest BCUT2D eigenvalue weighted by atomic mass is 9.77. The average Bonchev–Trinajstić information content (AvgIpc) is 3.49. The van der Waals surface area contributed by atoms with Gasteiger partial charge in [-0.2, -0.15) is 0 Å². The number of nitrogens with zero attached hydrogens (tertiary/aromatic N) is 3. The van der Waals surface area contributed by atoms with Crippen LogP contribution in [0.3, 0.4) is 0 Å². The number of benzene rings is 5. The van der Waals surface area contributed by atoms with Crippen molar-refractivity contribution in [2.75, 3.05) is 11.4 Å². The Bertz CT molecular complexity index is 1820. The summed E-state index contributed by atoms with van der Waals surface area (Å²) < 4.78 is 3.17. The molecule has 0 saturated heterocycles. The molecule has 7 heteroatoms. The average molecular weight is 704 g/mol. The number of fused-ring (bicyclic) bond motifs is 1. The number of hydrogen-bond donors (Lipinski definition) is 1. The Balaban J connectivity index is 0.00000386. The van der Waals surface area contributed by atoms with Crippen molar-refractivity contribution in [3.63, 3.8) is 0 Å². The molecule has 1 N–H and O–H groups in total. The van der Waals surface area contributed by atoms with Crippen molar-refractivity contribution in [1.82, 2.24) is 14.9 Å². The molecule has 1 amide bonds. The van der Waals surface area contributed by atoms with Crippen molar-refractivity contribution >= 4 is 39.9 Å². The van der Waals surface area contributed by atoms with Gasteiger partial charge in [0.1, 0.15) is 5.54 Å². The van der Waals surface area contributed by atoms with Gasteiger partial charge >= 0.3 is 0 Å². The number of aromatic nitrogens is 2. The molecule has 6 aromatic rings. The van der Waals surface area contributed by atoms with Gasteiger partial charge in [-0.25, -0.2) is 4.98 Å². The van der Waals surface area contributed by atoms with E-state index in [-0.39, 0.29) is 30.8 Å². The van der Waals surface area contributed by atoms with Crippen LogP contribution in [0.1, 0.15) is 33.5 Å². The maximum absolute atomic E-state index is 14.3. The number of hydrogen-bond acceptors (Lipinski definition) is 3. The second kappa shape index (κ2) is 14.5. The highest BCUT2D eigenvalue weighted by Gasteiger charge is 2.38. The summed E-state index contributed by atoms with van der Waals surface area (Å²) in [5, 5.41) is 3.71. The molecule has 5 aromatic carbocycles. The summed E-state index contributed by atoms with van der Waals surface area (Å²) in [5.41, 5.74) is 6.69. The first kappa shape index (κ1) is 32.5. The molecule has 0 bridgehead atoms. The van der Waals surface area contributed by atoms with Crippen molar-refractivity contribution in [3.05, 3.63) is 190 Å². The number of rotatable bonds is 8. The van der Waals surface area contributed by atoms with Gasteiger partial charge in [-0.1, -0.05) is 137 Å². The van der Waals surface area contributed by atoms with E-state index in [1.807, 2.05) is 53.8 Å². The molecular weight excluding hydrogens is 668 g/mol. The van der Waals surface area contributed by atoms with Crippen LogP contribution in [-0.2, 0) is 29.7 Å². The van der Waals surface area contributed by atoms with E-state index in [1.165, 1.54) is 5.56 Å². The molecule has 0 saturated carbocycles. The van der Waals surface area contributed by atoms with Crippen LogP contribution in [-0.4, -0.2) is 28.0 Å². The Morgan fingerprint density at radius 2 is 1.34 bits per heavy atom. The van der Waals surface area contributed by atoms with Crippen molar-refractivity contribution in [2.45, 2.75) is 31.0 Å². The third-order valence-corrected chi connectivity index (χ3v) is 9.37. The number of amides is 1. The second-order valence-electron chi connectivity index (χ2n) is 11.8. The number of carbonyl (C=O) groups excluding carboxylic acids is 1. The van der Waals surface area contributed by atoms with E-state index in [0.717, 1.165) is 44.5 Å². The zero-order chi connectivity index (χ0) is 31.3. The molecule has 0 aliphatic carbocycles. The first-order valence-electron chi connectivity index (χ1n) is 15.7. The summed E-state index contributed by atoms with van der Waals surface area (Å²) in [6.45, 7) is 1.27. The highest BCUT2D eigenvalue weighted by Crippen LogP contribution is 2.41.